The summed E-state index contributed by atoms with van der Waals surface area (Å²) >= 11 is 0. The Morgan fingerprint density at radius 2 is 1.36 bits per heavy atom. The maximum absolute atomic E-state index is 12.1. The summed E-state index contributed by atoms with van der Waals surface area (Å²) in [6.45, 7) is 4.39. The van der Waals surface area contributed by atoms with Crippen LogP contribution in [-0.4, -0.2) is 23.8 Å². The van der Waals surface area contributed by atoms with Crippen LogP contribution in [0.5, 0.6) is 0 Å². The third-order valence-corrected chi connectivity index (χ3v) is 6.67. The molecule has 2 atom stereocenters. The van der Waals surface area contributed by atoms with Gasteiger partial charge in [0.1, 0.15) is 5.60 Å². The van der Waals surface area contributed by atoms with E-state index in [1.54, 1.807) is 0 Å². The van der Waals surface area contributed by atoms with Gasteiger partial charge in [-0.1, -0.05) is 77.6 Å². The molecule has 0 aromatic carbocycles. The van der Waals surface area contributed by atoms with Crippen molar-refractivity contribution in [2.75, 3.05) is 0 Å². The largest absolute Gasteiger partial charge is 0.459 e. The van der Waals surface area contributed by atoms with Gasteiger partial charge in [0.2, 0.25) is 0 Å². The molecule has 164 valence electrons. The smallest absolute Gasteiger partial charge is 0.306 e. The van der Waals surface area contributed by atoms with Crippen molar-refractivity contribution in [1.29, 1.82) is 0 Å². The first-order valence-electron chi connectivity index (χ1n) is 12.5. The van der Waals surface area contributed by atoms with Crippen molar-refractivity contribution in [2.24, 2.45) is 0 Å². The van der Waals surface area contributed by atoms with Gasteiger partial charge in [-0.25, -0.2) is 0 Å². The van der Waals surface area contributed by atoms with Crippen molar-refractivity contribution in [3.8, 4) is 0 Å². The molecular formula is C25H46O3. The maximum Gasteiger partial charge on any atom is 0.306 e. The van der Waals surface area contributed by atoms with Gasteiger partial charge in [-0.2, -0.15) is 0 Å². The first-order valence-corrected chi connectivity index (χ1v) is 12.5. The fourth-order valence-electron chi connectivity index (χ4n) is 4.69. The second kappa shape index (κ2) is 13.6. The van der Waals surface area contributed by atoms with E-state index in [0.717, 1.165) is 25.7 Å². The molecule has 0 amide bonds. The number of epoxide rings is 1. The summed E-state index contributed by atoms with van der Waals surface area (Å²) in [5.41, 5.74) is -0.175. The van der Waals surface area contributed by atoms with Crippen molar-refractivity contribution in [3.63, 3.8) is 0 Å². The molecule has 0 spiro atoms. The van der Waals surface area contributed by atoms with Gasteiger partial charge in [0, 0.05) is 6.42 Å². The van der Waals surface area contributed by atoms with E-state index < -0.39 is 0 Å². The highest BCUT2D eigenvalue weighted by Gasteiger charge is 2.36. The number of rotatable bonds is 16. The molecule has 1 aliphatic carbocycles. The Balaban J connectivity index is 1.34. The highest BCUT2D eigenvalue weighted by atomic mass is 16.6. The fourth-order valence-corrected chi connectivity index (χ4v) is 4.69. The second-order valence-corrected chi connectivity index (χ2v) is 9.56. The fraction of sp³-hybridized carbons (Fsp3) is 0.960. The lowest BCUT2D eigenvalue weighted by atomic mass is 9.86. The predicted molar refractivity (Wildman–Crippen MR) is 117 cm³/mol. The van der Waals surface area contributed by atoms with Crippen LogP contribution in [0.2, 0.25) is 0 Å². The minimum absolute atomic E-state index is 0.0216. The number of carbonyl (C=O) groups is 1. The summed E-state index contributed by atoms with van der Waals surface area (Å²) in [6, 6.07) is 0. The molecule has 1 aliphatic heterocycles. The maximum atomic E-state index is 12.1. The van der Waals surface area contributed by atoms with Crippen LogP contribution < -0.4 is 0 Å². The number of hydrogen-bond acceptors (Lipinski definition) is 3. The van der Waals surface area contributed by atoms with Crippen LogP contribution in [0.3, 0.4) is 0 Å². The summed E-state index contributed by atoms with van der Waals surface area (Å²) in [6.07, 6.45) is 24.2. The van der Waals surface area contributed by atoms with Gasteiger partial charge in [0.15, 0.2) is 0 Å². The Bertz CT molecular complexity index is 414. The standard InChI is InChI=1S/C25H46O3/c1-3-4-5-6-8-12-17-22-23(27-22)18-13-9-7-10-14-19-24(26)28-25(2)20-15-11-16-21-25/h22-23H,3-21H2,1-2H3. The molecule has 0 N–H and O–H groups in total. The van der Waals surface area contributed by atoms with Gasteiger partial charge < -0.3 is 9.47 Å². The van der Waals surface area contributed by atoms with Crippen LogP contribution in [0.1, 0.15) is 136 Å². The number of unbranched alkanes of at least 4 members (excludes halogenated alkanes) is 9. The number of ether oxygens (including phenoxy) is 2. The van der Waals surface area contributed by atoms with Crippen LogP contribution in [0.25, 0.3) is 0 Å². The molecular weight excluding hydrogens is 348 g/mol. The van der Waals surface area contributed by atoms with E-state index in [-0.39, 0.29) is 11.6 Å². The summed E-state index contributed by atoms with van der Waals surface area (Å²) in [5.74, 6) is 0.0216. The first-order chi connectivity index (χ1) is 13.6. The topological polar surface area (TPSA) is 38.8 Å². The number of carbonyl (C=O) groups excluding carboxylic acids is 1. The van der Waals surface area contributed by atoms with Crippen LogP contribution in [0, 0.1) is 0 Å². The van der Waals surface area contributed by atoms with E-state index >= 15 is 0 Å². The van der Waals surface area contributed by atoms with Crippen molar-refractivity contribution in [2.45, 2.75) is 154 Å². The van der Waals surface area contributed by atoms with E-state index in [9.17, 15) is 4.79 Å². The minimum Gasteiger partial charge on any atom is -0.459 e. The van der Waals surface area contributed by atoms with Crippen molar-refractivity contribution in [3.05, 3.63) is 0 Å². The van der Waals surface area contributed by atoms with Crippen molar-refractivity contribution >= 4 is 5.97 Å². The molecule has 1 heterocycles. The predicted octanol–water partition coefficient (Wildman–Crippen LogP) is 7.50. The third kappa shape index (κ3) is 10.3. The quantitative estimate of drug-likeness (QED) is 0.154. The van der Waals surface area contributed by atoms with Gasteiger partial charge in [0.25, 0.3) is 0 Å². The SMILES string of the molecule is CCCCCCCCC1OC1CCCCCCCC(=O)OC1(C)CCCCC1. The highest BCUT2D eigenvalue weighted by molar-refractivity contribution is 5.69. The second-order valence-electron chi connectivity index (χ2n) is 9.56. The van der Waals surface area contributed by atoms with Crippen molar-refractivity contribution < 1.29 is 14.3 Å². The average molecular weight is 395 g/mol. The number of hydrogen-bond donors (Lipinski definition) is 0. The zero-order chi connectivity index (χ0) is 20.1. The zero-order valence-corrected chi connectivity index (χ0v) is 18.8. The molecule has 28 heavy (non-hydrogen) atoms. The van der Waals surface area contributed by atoms with E-state index in [4.69, 9.17) is 9.47 Å². The Morgan fingerprint density at radius 1 is 0.821 bits per heavy atom. The molecule has 1 saturated carbocycles. The van der Waals surface area contributed by atoms with Crippen molar-refractivity contribution in [1.82, 2.24) is 0 Å². The monoisotopic (exact) mass is 394 g/mol. The van der Waals surface area contributed by atoms with E-state index in [1.165, 1.54) is 89.9 Å². The minimum atomic E-state index is -0.175. The number of esters is 1. The lowest BCUT2D eigenvalue weighted by Crippen LogP contribution is -2.33. The Labute approximate surface area is 174 Å². The highest BCUT2D eigenvalue weighted by Crippen LogP contribution is 2.32. The summed E-state index contributed by atoms with van der Waals surface area (Å²) in [4.78, 5) is 12.1. The summed E-state index contributed by atoms with van der Waals surface area (Å²) in [5, 5.41) is 0. The molecule has 3 heteroatoms. The molecule has 2 unspecified atom stereocenters. The van der Waals surface area contributed by atoms with E-state index in [0.29, 0.717) is 18.6 Å². The molecule has 0 radical (unpaired) electrons. The van der Waals surface area contributed by atoms with Crippen LogP contribution in [-0.2, 0) is 14.3 Å². The van der Waals surface area contributed by atoms with Gasteiger partial charge in [0.05, 0.1) is 12.2 Å². The molecule has 0 aromatic heterocycles. The van der Waals surface area contributed by atoms with Gasteiger partial charge >= 0.3 is 5.97 Å². The molecule has 2 rings (SSSR count). The molecule has 0 bridgehead atoms. The van der Waals surface area contributed by atoms with Crippen LogP contribution >= 0.6 is 0 Å². The summed E-state index contributed by atoms with van der Waals surface area (Å²) < 4.78 is 11.6. The van der Waals surface area contributed by atoms with Gasteiger partial charge in [-0.05, 0) is 51.9 Å². The van der Waals surface area contributed by atoms with Gasteiger partial charge in [-0.3, -0.25) is 4.79 Å². The lowest BCUT2D eigenvalue weighted by molar-refractivity contribution is -0.161. The molecule has 3 nitrogen and oxygen atoms in total. The van der Waals surface area contributed by atoms with Gasteiger partial charge in [-0.15, -0.1) is 0 Å². The molecule has 1 saturated heterocycles. The summed E-state index contributed by atoms with van der Waals surface area (Å²) in [7, 11) is 0. The molecule has 0 aromatic rings. The van der Waals surface area contributed by atoms with E-state index in [1.807, 2.05) is 0 Å². The normalized spacial score (nSPS) is 23.5. The Morgan fingerprint density at radius 3 is 1.96 bits per heavy atom. The molecule has 2 aliphatic rings. The third-order valence-electron chi connectivity index (χ3n) is 6.67. The lowest BCUT2D eigenvalue weighted by Gasteiger charge is -2.33. The first kappa shape index (κ1) is 23.7. The van der Waals surface area contributed by atoms with E-state index in [2.05, 4.69) is 13.8 Å². The van der Waals surface area contributed by atoms with Crippen LogP contribution in [0.4, 0.5) is 0 Å². The zero-order valence-electron chi connectivity index (χ0n) is 18.8. The molecule has 2 fully saturated rings. The Hall–Kier alpha value is -0.570. The Kier molecular flexibility index (Phi) is 11.5. The van der Waals surface area contributed by atoms with Crippen LogP contribution in [0.15, 0.2) is 0 Å². The average Bonchev–Trinajstić information content (AvgIpc) is 3.42.